The van der Waals surface area contributed by atoms with Crippen molar-refractivity contribution in [2.75, 3.05) is 25.6 Å². The molecule has 1 fully saturated rings. The minimum atomic E-state index is -2.67. The Morgan fingerprint density at radius 2 is 2.08 bits per heavy atom. The molecule has 5 rings (SSSR count). The number of pyridine rings is 1. The number of anilines is 1. The second kappa shape index (κ2) is 9.75. The summed E-state index contributed by atoms with van der Waals surface area (Å²) in [4.78, 5) is 21.8. The number of carbonyl (C=O) groups is 1. The first kappa shape index (κ1) is 24.0. The highest BCUT2D eigenvalue weighted by atomic mass is 19.3. The number of methoxy groups -OCH3 is 1. The Balaban J connectivity index is 1.32. The second-order valence-corrected chi connectivity index (χ2v) is 8.86. The van der Waals surface area contributed by atoms with Crippen molar-refractivity contribution in [3.63, 3.8) is 0 Å². The molecule has 0 bridgehead atoms. The van der Waals surface area contributed by atoms with Gasteiger partial charge in [-0.2, -0.15) is 4.98 Å². The van der Waals surface area contributed by atoms with E-state index in [4.69, 9.17) is 14.0 Å². The highest BCUT2D eigenvalue weighted by Crippen LogP contribution is 2.48. The van der Waals surface area contributed by atoms with Gasteiger partial charge in [-0.05, 0) is 30.2 Å². The van der Waals surface area contributed by atoms with Crippen molar-refractivity contribution in [2.24, 2.45) is 0 Å². The van der Waals surface area contributed by atoms with Crippen molar-refractivity contribution in [3.8, 4) is 11.4 Å². The van der Waals surface area contributed by atoms with Crippen LogP contribution in [0.15, 0.2) is 47.2 Å². The molecule has 1 N–H and O–H groups in total. The lowest BCUT2D eigenvalue weighted by Crippen LogP contribution is -2.33. The van der Waals surface area contributed by atoms with Crippen LogP contribution in [0.4, 0.5) is 14.5 Å². The van der Waals surface area contributed by atoms with Gasteiger partial charge in [0, 0.05) is 43.3 Å². The van der Waals surface area contributed by atoms with Crippen LogP contribution in [0.3, 0.4) is 0 Å². The van der Waals surface area contributed by atoms with Crippen molar-refractivity contribution >= 4 is 17.2 Å². The summed E-state index contributed by atoms with van der Waals surface area (Å²) in [5.41, 5.74) is 3.88. The largest absolute Gasteiger partial charge is 0.382 e. The van der Waals surface area contributed by atoms with Gasteiger partial charge in [-0.25, -0.2) is 13.8 Å². The molecule has 1 aliphatic rings. The molecule has 0 saturated heterocycles. The average molecular weight is 498 g/mol. The quantitative estimate of drug-likeness (QED) is 0.337. The molecule has 0 unspecified atom stereocenters. The van der Waals surface area contributed by atoms with Crippen LogP contribution in [0, 0.1) is 6.92 Å². The highest BCUT2D eigenvalue weighted by molar-refractivity contribution is 6.04. The van der Waals surface area contributed by atoms with Crippen LogP contribution < -0.4 is 5.32 Å². The SMILES string of the molecule is COCCOCc1ccc2ncc(C(=O)Nc3cc(-c4noc(C5CC(F)(F)C5)n4)ccc3C)n2c1. The summed E-state index contributed by atoms with van der Waals surface area (Å²) in [7, 11) is 1.61. The number of carbonyl (C=O) groups excluding carboxylic acids is 1. The highest BCUT2D eigenvalue weighted by Gasteiger charge is 2.48. The van der Waals surface area contributed by atoms with Gasteiger partial charge in [-0.3, -0.25) is 9.20 Å². The number of aryl methyl sites for hydroxylation is 1. The van der Waals surface area contributed by atoms with Crippen LogP contribution in [0.5, 0.6) is 0 Å². The lowest BCUT2D eigenvalue weighted by atomic mass is 9.81. The molecule has 0 atom stereocenters. The number of nitrogens with one attached hydrogen (secondary N) is 1. The zero-order valence-electron chi connectivity index (χ0n) is 19.8. The molecule has 1 aromatic carbocycles. The molecule has 36 heavy (non-hydrogen) atoms. The number of ether oxygens (including phenoxy) is 2. The molecule has 1 aliphatic carbocycles. The summed E-state index contributed by atoms with van der Waals surface area (Å²) in [6.07, 6.45) is 2.76. The van der Waals surface area contributed by atoms with Crippen molar-refractivity contribution in [3.05, 3.63) is 65.4 Å². The fourth-order valence-electron chi connectivity index (χ4n) is 4.05. The normalized spacial score (nSPS) is 15.2. The third kappa shape index (κ3) is 4.98. The molecule has 0 spiro atoms. The molecule has 0 aliphatic heterocycles. The minimum absolute atomic E-state index is 0.204. The number of aromatic nitrogens is 4. The first-order valence-corrected chi connectivity index (χ1v) is 11.5. The summed E-state index contributed by atoms with van der Waals surface area (Å²) < 4.78 is 43.9. The number of hydrogen-bond acceptors (Lipinski definition) is 7. The smallest absolute Gasteiger partial charge is 0.274 e. The van der Waals surface area contributed by atoms with E-state index in [-0.39, 0.29) is 30.5 Å². The Hall–Kier alpha value is -3.70. The maximum absolute atomic E-state index is 13.2. The average Bonchev–Trinajstić information content (AvgIpc) is 3.49. The van der Waals surface area contributed by atoms with E-state index in [0.717, 1.165) is 11.1 Å². The van der Waals surface area contributed by atoms with Crippen LogP contribution in [0.25, 0.3) is 17.0 Å². The standard InChI is InChI=1S/C25H25F2N5O4/c1-15-3-5-17(22-30-24(36-31-22)18-10-25(26,27)11-18)9-19(15)29-23(33)20-12-28-21-6-4-16(13-32(20)21)14-35-8-7-34-2/h3-6,9,12-13,18H,7-8,10-11,14H2,1-2H3,(H,29,33). The van der Waals surface area contributed by atoms with E-state index in [1.807, 2.05) is 31.3 Å². The predicted molar refractivity (Wildman–Crippen MR) is 126 cm³/mol. The fourth-order valence-corrected chi connectivity index (χ4v) is 4.05. The maximum atomic E-state index is 13.2. The van der Waals surface area contributed by atoms with Gasteiger partial charge in [0.15, 0.2) is 0 Å². The van der Waals surface area contributed by atoms with Crippen LogP contribution in [-0.4, -0.2) is 51.7 Å². The van der Waals surface area contributed by atoms with Gasteiger partial charge in [0.2, 0.25) is 17.6 Å². The molecular formula is C25H25F2N5O4. The third-order valence-electron chi connectivity index (χ3n) is 6.13. The number of amides is 1. The Morgan fingerprint density at radius 3 is 2.86 bits per heavy atom. The van der Waals surface area contributed by atoms with Gasteiger partial charge in [0.05, 0.1) is 26.0 Å². The van der Waals surface area contributed by atoms with Crippen molar-refractivity contribution in [1.82, 2.24) is 19.5 Å². The van der Waals surface area contributed by atoms with Crippen LogP contribution in [0.2, 0.25) is 0 Å². The Morgan fingerprint density at radius 1 is 1.25 bits per heavy atom. The fraction of sp³-hybridized carbons (Fsp3) is 0.360. The lowest BCUT2D eigenvalue weighted by Gasteiger charge is -2.31. The number of fused-ring (bicyclic) bond motifs is 1. The molecular weight excluding hydrogens is 472 g/mol. The summed E-state index contributed by atoms with van der Waals surface area (Å²) in [5.74, 6) is -2.96. The zero-order valence-corrected chi connectivity index (χ0v) is 19.8. The predicted octanol–water partition coefficient (Wildman–Crippen LogP) is 4.62. The topological polar surface area (TPSA) is 104 Å². The maximum Gasteiger partial charge on any atom is 0.274 e. The number of rotatable bonds is 9. The third-order valence-corrected chi connectivity index (χ3v) is 6.13. The number of alkyl halides is 2. The van der Waals surface area contributed by atoms with E-state index in [0.29, 0.717) is 42.4 Å². The summed E-state index contributed by atoms with van der Waals surface area (Å²) in [6, 6.07) is 9.06. The molecule has 11 heteroatoms. The molecule has 1 saturated carbocycles. The Labute approximate surface area is 205 Å². The van der Waals surface area contributed by atoms with Gasteiger partial charge in [-0.1, -0.05) is 23.4 Å². The van der Waals surface area contributed by atoms with E-state index >= 15 is 0 Å². The number of hydrogen-bond donors (Lipinski definition) is 1. The number of halogens is 2. The molecule has 3 heterocycles. The molecule has 4 aromatic rings. The molecule has 188 valence electrons. The molecule has 1 amide bonds. The van der Waals surface area contributed by atoms with E-state index in [2.05, 4.69) is 20.4 Å². The van der Waals surface area contributed by atoms with Gasteiger partial charge in [-0.15, -0.1) is 0 Å². The van der Waals surface area contributed by atoms with E-state index in [1.165, 1.54) is 6.20 Å². The van der Waals surface area contributed by atoms with Crippen LogP contribution >= 0.6 is 0 Å². The van der Waals surface area contributed by atoms with E-state index < -0.39 is 11.8 Å². The molecule has 9 nitrogen and oxygen atoms in total. The van der Waals surface area contributed by atoms with Gasteiger partial charge < -0.3 is 19.3 Å². The van der Waals surface area contributed by atoms with Crippen LogP contribution in [0.1, 0.15) is 46.3 Å². The Bertz CT molecular complexity index is 1390. The van der Waals surface area contributed by atoms with Gasteiger partial charge in [0.25, 0.3) is 5.91 Å². The monoisotopic (exact) mass is 497 g/mol. The number of benzene rings is 1. The van der Waals surface area contributed by atoms with Crippen LogP contribution in [-0.2, 0) is 16.1 Å². The zero-order chi connectivity index (χ0) is 25.3. The molecule has 3 aromatic heterocycles. The first-order valence-electron chi connectivity index (χ1n) is 11.5. The minimum Gasteiger partial charge on any atom is -0.382 e. The van der Waals surface area contributed by atoms with Gasteiger partial charge in [0.1, 0.15) is 11.3 Å². The number of nitrogens with zero attached hydrogens (tertiary/aromatic N) is 4. The lowest BCUT2D eigenvalue weighted by molar-refractivity contribution is -0.0925. The number of imidazole rings is 1. The Kier molecular flexibility index (Phi) is 6.50. The van der Waals surface area contributed by atoms with E-state index in [9.17, 15) is 13.6 Å². The summed E-state index contributed by atoms with van der Waals surface area (Å²) in [5, 5.41) is 6.87. The first-order chi connectivity index (χ1) is 17.3. The summed E-state index contributed by atoms with van der Waals surface area (Å²) in [6.45, 7) is 3.21. The van der Waals surface area contributed by atoms with E-state index in [1.54, 1.807) is 23.6 Å². The molecule has 0 radical (unpaired) electrons. The van der Waals surface area contributed by atoms with Crippen molar-refractivity contribution in [2.45, 2.75) is 38.2 Å². The van der Waals surface area contributed by atoms with Crippen molar-refractivity contribution < 1.29 is 27.6 Å². The second-order valence-electron chi connectivity index (χ2n) is 8.86. The summed E-state index contributed by atoms with van der Waals surface area (Å²) >= 11 is 0. The van der Waals surface area contributed by atoms with Crippen molar-refractivity contribution in [1.29, 1.82) is 0 Å². The van der Waals surface area contributed by atoms with Gasteiger partial charge >= 0.3 is 0 Å².